The van der Waals surface area contributed by atoms with Crippen LogP contribution in [0.4, 0.5) is 5.69 Å². The summed E-state index contributed by atoms with van der Waals surface area (Å²) in [6, 6.07) is 4.89. The Morgan fingerprint density at radius 3 is 2.83 bits per heavy atom. The van der Waals surface area contributed by atoms with Crippen molar-refractivity contribution in [1.29, 1.82) is 0 Å². The van der Waals surface area contributed by atoms with E-state index in [1.165, 1.54) is 11.8 Å². The van der Waals surface area contributed by atoms with Crippen molar-refractivity contribution in [2.24, 2.45) is 4.99 Å². The number of nitrogens with zero attached hydrogens (tertiary/aromatic N) is 2. The van der Waals surface area contributed by atoms with Crippen LogP contribution in [-0.4, -0.2) is 42.3 Å². The summed E-state index contributed by atoms with van der Waals surface area (Å²) in [6.07, 6.45) is 1.06. The molecule has 2 saturated heterocycles. The highest BCUT2D eigenvalue weighted by Crippen LogP contribution is 2.44. The highest BCUT2D eigenvalue weighted by Gasteiger charge is 2.49. The number of carbonyl (C=O) groups is 1. The molecule has 0 spiro atoms. The maximum absolute atomic E-state index is 12.0. The maximum atomic E-state index is 12.0. The van der Waals surface area contributed by atoms with Crippen LogP contribution in [0.1, 0.15) is 19.8 Å². The van der Waals surface area contributed by atoms with Crippen molar-refractivity contribution < 1.29 is 13.2 Å². The van der Waals surface area contributed by atoms with Gasteiger partial charge in [-0.15, -0.1) is 0 Å². The van der Waals surface area contributed by atoms with Crippen molar-refractivity contribution in [3.05, 3.63) is 28.2 Å². The fourth-order valence-corrected chi connectivity index (χ4v) is 7.21. The highest BCUT2D eigenvalue weighted by atomic mass is 35.5. The predicted molar refractivity (Wildman–Crippen MR) is 100 cm³/mol. The maximum Gasteiger partial charge on any atom is 0.248 e. The number of anilines is 1. The van der Waals surface area contributed by atoms with Gasteiger partial charge in [-0.2, -0.15) is 4.99 Å². The first-order valence-electron chi connectivity index (χ1n) is 7.54. The Bertz CT molecular complexity index is 811. The lowest BCUT2D eigenvalue weighted by Crippen LogP contribution is -2.38. The van der Waals surface area contributed by atoms with Crippen LogP contribution >= 0.6 is 35.0 Å². The van der Waals surface area contributed by atoms with Crippen LogP contribution in [0.15, 0.2) is 23.2 Å². The summed E-state index contributed by atoms with van der Waals surface area (Å²) in [6.45, 7) is 1.91. The van der Waals surface area contributed by atoms with Crippen LogP contribution in [0.2, 0.25) is 10.0 Å². The summed E-state index contributed by atoms with van der Waals surface area (Å²) >= 11 is 13.8. The number of halogens is 2. The molecule has 2 aliphatic rings. The minimum absolute atomic E-state index is 0.0223. The van der Waals surface area contributed by atoms with Gasteiger partial charge in [-0.1, -0.05) is 48.0 Å². The van der Waals surface area contributed by atoms with Crippen molar-refractivity contribution in [1.82, 2.24) is 0 Å². The number of amides is 1. The van der Waals surface area contributed by atoms with Gasteiger partial charge in [0.15, 0.2) is 15.0 Å². The van der Waals surface area contributed by atoms with Crippen LogP contribution in [-0.2, 0) is 14.6 Å². The Labute approximate surface area is 155 Å². The minimum atomic E-state index is -3.11. The standard InChI is InChI=1S/C15H16Cl2N2O3S2/c1-2-4-13(20)18-15-19(10-6-3-5-9(16)14(10)17)11-7-24(21,22)8-12(11)23-15/h3,5-6,11-12H,2,4,7-8H2,1H3/t11-,12-/m1/s1. The third-order valence-corrected chi connectivity index (χ3v) is 7.96. The summed E-state index contributed by atoms with van der Waals surface area (Å²) in [7, 11) is -3.11. The molecule has 9 heteroatoms. The molecular formula is C15H16Cl2N2O3S2. The molecule has 1 aromatic rings. The number of sulfone groups is 1. The van der Waals surface area contributed by atoms with Crippen molar-refractivity contribution in [3.8, 4) is 0 Å². The van der Waals surface area contributed by atoms with Gasteiger partial charge in [0.25, 0.3) is 0 Å². The molecule has 1 amide bonds. The number of benzene rings is 1. The van der Waals surface area contributed by atoms with Crippen molar-refractivity contribution in [2.45, 2.75) is 31.1 Å². The summed E-state index contributed by atoms with van der Waals surface area (Å²) in [5.74, 6) is -0.113. The number of thioether (sulfide) groups is 1. The zero-order chi connectivity index (χ0) is 17.5. The minimum Gasteiger partial charge on any atom is -0.314 e. The van der Waals surface area contributed by atoms with Gasteiger partial charge in [0.05, 0.1) is 33.3 Å². The molecule has 2 aliphatic heterocycles. The van der Waals surface area contributed by atoms with Crippen LogP contribution in [0.5, 0.6) is 0 Å². The van der Waals surface area contributed by atoms with Crippen molar-refractivity contribution >= 4 is 61.6 Å². The third-order valence-electron chi connectivity index (χ3n) is 3.94. The Kier molecular flexibility index (Phi) is 5.16. The molecule has 0 N–H and O–H groups in total. The molecule has 0 aromatic heterocycles. The number of rotatable bonds is 3. The van der Waals surface area contributed by atoms with Crippen LogP contribution in [0, 0.1) is 0 Å². The van der Waals surface area contributed by atoms with E-state index in [2.05, 4.69) is 4.99 Å². The molecule has 1 aromatic carbocycles. The van der Waals surface area contributed by atoms with E-state index in [1.54, 1.807) is 23.1 Å². The summed E-state index contributed by atoms with van der Waals surface area (Å²) in [4.78, 5) is 17.9. The first-order valence-corrected chi connectivity index (χ1v) is 11.0. The van der Waals surface area contributed by atoms with Crippen LogP contribution in [0.25, 0.3) is 0 Å². The Morgan fingerprint density at radius 1 is 1.38 bits per heavy atom. The normalized spacial score (nSPS) is 26.8. The van der Waals surface area contributed by atoms with Crippen LogP contribution < -0.4 is 4.90 Å². The van der Waals surface area contributed by atoms with Gasteiger partial charge < -0.3 is 4.90 Å². The monoisotopic (exact) mass is 406 g/mol. The van der Waals surface area contributed by atoms with E-state index in [9.17, 15) is 13.2 Å². The van der Waals surface area contributed by atoms with E-state index in [0.717, 1.165) is 0 Å². The van der Waals surface area contributed by atoms with E-state index in [-0.39, 0.29) is 28.7 Å². The Morgan fingerprint density at radius 2 is 2.12 bits per heavy atom. The summed E-state index contributed by atoms with van der Waals surface area (Å²) in [5.41, 5.74) is 0.587. The van der Waals surface area contributed by atoms with Crippen LogP contribution in [0.3, 0.4) is 0 Å². The smallest absolute Gasteiger partial charge is 0.248 e. The molecule has 24 heavy (non-hydrogen) atoms. The van der Waals surface area contributed by atoms with E-state index in [1.807, 2.05) is 6.92 Å². The van der Waals surface area contributed by atoms with E-state index >= 15 is 0 Å². The van der Waals surface area contributed by atoms with Gasteiger partial charge in [-0.3, -0.25) is 4.79 Å². The molecule has 2 atom stereocenters. The number of aliphatic imine (C=N–C) groups is 1. The zero-order valence-electron chi connectivity index (χ0n) is 12.9. The molecule has 2 heterocycles. The lowest BCUT2D eigenvalue weighted by atomic mass is 10.2. The zero-order valence-corrected chi connectivity index (χ0v) is 16.1. The molecule has 0 saturated carbocycles. The van der Waals surface area contributed by atoms with Crippen molar-refractivity contribution in [2.75, 3.05) is 16.4 Å². The molecule has 3 rings (SSSR count). The van der Waals surface area contributed by atoms with E-state index in [4.69, 9.17) is 23.2 Å². The SMILES string of the molecule is CCCC(=O)N=C1S[C@@H]2CS(=O)(=O)C[C@H]2N1c1cccc(Cl)c1Cl. The first-order chi connectivity index (χ1) is 11.3. The first kappa shape index (κ1) is 18.0. The van der Waals surface area contributed by atoms with Crippen molar-refractivity contribution in [3.63, 3.8) is 0 Å². The molecule has 0 radical (unpaired) electrons. The number of fused-ring (bicyclic) bond motifs is 1. The fraction of sp³-hybridized carbons (Fsp3) is 0.467. The van der Waals surface area contributed by atoms with E-state index in [0.29, 0.717) is 33.7 Å². The average Bonchev–Trinajstić information content (AvgIpc) is 2.94. The quantitative estimate of drug-likeness (QED) is 0.769. The van der Waals surface area contributed by atoms with Gasteiger partial charge in [-0.05, 0) is 18.6 Å². The number of amidine groups is 1. The number of carbonyl (C=O) groups excluding carboxylic acids is 1. The van der Waals surface area contributed by atoms with Gasteiger partial charge in [-0.25, -0.2) is 8.42 Å². The molecule has 0 aliphatic carbocycles. The predicted octanol–water partition coefficient (Wildman–Crippen LogP) is 3.39. The topological polar surface area (TPSA) is 66.8 Å². The molecule has 130 valence electrons. The Balaban J connectivity index is 2.05. The number of hydrogen-bond acceptors (Lipinski definition) is 4. The second-order valence-corrected chi connectivity index (χ2v) is 9.93. The average molecular weight is 407 g/mol. The lowest BCUT2D eigenvalue weighted by molar-refractivity contribution is -0.117. The van der Waals surface area contributed by atoms with Gasteiger partial charge in [0.2, 0.25) is 5.91 Å². The molecule has 5 nitrogen and oxygen atoms in total. The Hall–Kier alpha value is -0.760. The fourth-order valence-electron chi connectivity index (χ4n) is 2.90. The second kappa shape index (κ2) is 6.86. The second-order valence-electron chi connectivity index (χ2n) is 5.78. The molecular weight excluding hydrogens is 391 g/mol. The molecule has 2 fully saturated rings. The molecule has 0 bridgehead atoms. The summed E-state index contributed by atoms with van der Waals surface area (Å²) < 4.78 is 24.0. The number of hydrogen-bond donors (Lipinski definition) is 0. The largest absolute Gasteiger partial charge is 0.314 e. The van der Waals surface area contributed by atoms with Gasteiger partial charge >= 0.3 is 0 Å². The highest BCUT2D eigenvalue weighted by molar-refractivity contribution is 8.16. The van der Waals surface area contributed by atoms with E-state index < -0.39 is 9.84 Å². The molecule has 0 unspecified atom stereocenters. The lowest BCUT2D eigenvalue weighted by Gasteiger charge is -2.25. The third kappa shape index (κ3) is 3.45. The summed E-state index contributed by atoms with van der Waals surface area (Å²) in [5, 5.41) is 1.06. The van der Waals surface area contributed by atoms with Gasteiger partial charge in [0.1, 0.15) is 0 Å². The van der Waals surface area contributed by atoms with Gasteiger partial charge in [0, 0.05) is 11.7 Å².